The molecule has 0 spiro atoms. The normalized spacial score (nSPS) is 24.6. The van der Waals surface area contributed by atoms with Gasteiger partial charge >= 0.3 is 6.09 Å². The monoisotopic (exact) mass is 560 g/mol. The lowest BCUT2D eigenvalue weighted by molar-refractivity contribution is -0.144. The first-order valence-corrected chi connectivity index (χ1v) is 15.0. The van der Waals surface area contributed by atoms with Crippen molar-refractivity contribution in [3.8, 4) is 0 Å². The van der Waals surface area contributed by atoms with Crippen LogP contribution in [0.4, 0.5) is 4.79 Å². The van der Waals surface area contributed by atoms with Gasteiger partial charge in [-0.1, -0.05) is 60.0 Å². The summed E-state index contributed by atoms with van der Waals surface area (Å²) in [6.45, 7) is 14.0. The van der Waals surface area contributed by atoms with Crippen molar-refractivity contribution in [3.63, 3.8) is 0 Å². The SMILES string of the molecule is C=CCNC(=O)C(=O)C(CCC)NC(=O)[C@@H]1[C@@H]2[C@H](CN1C(=O)[C@@H](NC(=O)OC(CC)CC)C1CCCC1)C2(C)C. The molecule has 3 fully saturated rings. The zero-order valence-corrected chi connectivity index (χ0v) is 24.8. The lowest BCUT2D eigenvalue weighted by Crippen LogP contribution is -2.59. The van der Waals surface area contributed by atoms with Crippen LogP contribution in [0.1, 0.15) is 86.0 Å². The molecule has 4 amide bonds. The third-order valence-electron chi connectivity index (χ3n) is 9.20. The summed E-state index contributed by atoms with van der Waals surface area (Å²) in [5.41, 5.74) is -0.130. The maximum absolute atomic E-state index is 14.1. The fraction of sp³-hybridized carbons (Fsp3) is 0.767. The van der Waals surface area contributed by atoms with E-state index in [0.717, 1.165) is 25.7 Å². The number of ketones is 1. The van der Waals surface area contributed by atoms with Gasteiger partial charge in [-0.05, 0) is 55.3 Å². The van der Waals surface area contributed by atoms with Gasteiger partial charge in [0.05, 0.1) is 6.04 Å². The van der Waals surface area contributed by atoms with Crippen LogP contribution in [-0.4, -0.2) is 71.8 Å². The minimum Gasteiger partial charge on any atom is -0.446 e. The second-order valence-electron chi connectivity index (χ2n) is 12.1. The Hall–Kier alpha value is -2.91. The Morgan fingerprint density at radius 3 is 2.27 bits per heavy atom. The number of fused-ring (bicyclic) bond motifs is 1. The van der Waals surface area contributed by atoms with E-state index in [0.29, 0.717) is 32.2 Å². The number of rotatable bonds is 14. The van der Waals surface area contributed by atoms with Crippen LogP contribution in [-0.2, 0) is 23.9 Å². The molecule has 3 aliphatic rings. The number of hydrogen-bond donors (Lipinski definition) is 3. The summed E-state index contributed by atoms with van der Waals surface area (Å²) in [4.78, 5) is 67.5. The van der Waals surface area contributed by atoms with Crippen molar-refractivity contribution >= 4 is 29.6 Å². The number of carbonyl (C=O) groups is 5. The van der Waals surface area contributed by atoms with Gasteiger partial charge in [-0.2, -0.15) is 0 Å². The highest BCUT2D eigenvalue weighted by molar-refractivity contribution is 6.38. The Bertz CT molecular complexity index is 971. The average molecular weight is 561 g/mol. The first-order valence-electron chi connectivity index (χ1n) is 15.0. The number of nitrogens with zero attached hydrogens (tertiary/aromatic N) is 1. The molecule has 5 atom stereocenters. The number of ether oxygens (including phenoxy) is 1. The number of Topliss-reactive ketones (excluding diaryl/α,β-unsaturated/α-hetero) is 1. The van der Waals surface area contributed by atoms with Crippen molar-refractivity contribution in [2.45, 2.75) is 110 Å². The second-order valence-corrected chi connectivity index (χ2v) is 12.1. The van der Waals surface area contributed by atoms with Crippen LogP contribution in [0.5, 0.6) is 0 Å². The molecular weight excluding hydrogens is 512 g/mol. The number of nitrogens with one attached hydrogen (secondary N) is 3. The van der Waals surface area contributed by atoms with Crippen LogP contribution in [0.2, 0.25) is 0 Å². The highest BCUT2D eigenvalue weighted by Gasteiger charge is 2.69. The van der Waals surface area contributed by atoms with E-state index < -0.39 is 41.8 Å². The molecule has 0 aromatic carbocycles. The standard InChI is InChI=1S/C30H48N4O6/c1-7-13-21(25(35)27(37)31-16-8-2)32-26(36)24-22-20(30(22,5)6)17-34(24)28(38)23(18-14-11-12-15-18)33-29(39)40-19(9-3)10-4/h8,18-24H,2,7,9-17H2,1,3-6H3,(H,31,37)(H,32,36)(H,33,39)/t20-,21?,22-,23-,24-/m0/s1. The number of alkyl carbamates (subject to hydrolysis) is 1. The average Bonchev–Trinajstić information content (AvgIpc) is 3.38. The van der Waals surface area contributed by atoms with E-state index in [-0.39, 0.29) is 41.7 Å². The van der Waals surface area contributed by atoms with E-state index in [4.69, 9.17) is 4.74 Å². The van der Waals surface area contributed by atoms with Crippen LogP contribution < -0.4 is 16.0 Å². The molecule has 10 nitrogen and oxygen atoms in total. The molecule has 1 heterocycles. The quantitative estimate of drug-likeness (QED) is 0.221. The number of amides is 4. The molecule has 224 valence electrons. The number of piperidine rings is 1. The Balaban J connectivity index is 1.81. The lowest BCUT2D eigenvalue weighted by Gasteiger charge is -2.35. The predicted octanol–water partition coefficient (Wildman–Crippen LogP) is 3.10. The Morgan fingerprint density at radius 2 is 1.70 bits per heavy atom. The van der Waals surface area contributed by atoms with Crippen molar-refractivity contribution in [3.05, 3.63) is 12.7 Å². The fourth-order valence-electron chi connectivity index (χ4n) is 6.66. The fourth-order valence-corrected chi connectivity index (χ4v) is 6.66. The molecule has 3 N–H and O–H groups in total. The van der Waals surface area contributed by atoms with Gasteiger partial charge in [0.1, 0.15) is 18.2 Å². The molecule has 0 aromatic rings. The maximum Gasteiger partial charge on any atom is 0.408 e. The minimum absolute atomic E-state index is 0.0293. The second kappa shape index (κ2) is 13.6. The molecule has 40 heavy (non-hydrogen) atoms. The zero-order chi connectivity index (χ0) is 29.6. The summed E-state index contributed by atoms with van der Waals surface area (Å²) in [6, 6.07) is -2.55. The topological polar surface area (TPSA) is 134 Å². The molecule has 2 aliphatic carbocycles. The van der Waals surface area contributed by atoms with E-state index >= 15 is 0 Å². The minimum atomic E-state index is -0.987. The van der Waals surface area contributed by atoms with Gasteiger partial charge in [-0.25, -0.2) is 4.79 Å². The number of likely N-dealkylation sites (tertiary alicyclic amines) is 1. The smallest absolute Gasteiger partial charge is 0.408 e. The van der Waals surface area contributed by atoms with E-state index in [1.807, 2.05) is 20.8 Å². The van der Waals surface area contributed by atoms with Crippen LogP contribution in [0, 0.1) is 23.2 Å². The number of hydrogen-bond acceptors (Lipinski definition) is 6. The lowest BCUT2D eigenvalue weighted by atomic mass is 9.94. The summed E-state index contributed by atoms with van der Waals surface area (Å²) in [6.07, 6.45) is 6.49. The highest BCUT2D eigenvalue weighted by atomic mass is 16.6. The predicted molar refractivity (Wildman–Crippen MR) is 151 cm³/mol. The van der Waals surface area contributed by atoms with Gasteiger partial charge in [0.25, 0.3) is 5.91 Å². The molecule has 10 heteroatoms. The summed E-state index contributed by atoms with van der Waals surface area (Å²) in [5.74, 6) is -2.15. The molecule has 3 rings (SSSR count). The zero-order valence-electron chi connectivity index (χ0n) is 24.8. The molecule has 0 aromatic heterocycles. The van der Waals surface area contributed by atoms with Gasteiger partial charge in [-0.15, -0.1) is 6.58 Å². The van der Waals surface area contributed by atoms with Crippen molar-refractivity contribution in [1.29, 1.82) is 0 Å². The summed E-state index contributed by atoms with van der Waals surface area (Å²) in [5, 5.41) is 8.15. The Morgan fingerprint density at radius 1 is 1.05 bits per heavy atom. The highest BCUT2D eigenvalue weighted by Crippen LogP contribution is 2.65. The molecular formula is C30H48N4O6. The van der Waals surface area contributed by atoms with Crippen molar-refractivity contribution < 1.29 is 28.7 Å². The van der Waals surface area contributed by atoms with Gasteiger partial charge in [-0.3, -0.25) is 19.2 Å². The third kappa shape index (κ3) is 6.86. The van der Waals surface area contributed by atoms with Gasteiger partial charge in [0, 0.05) is 13.1 Å². The summed E-state index contributed by atoms with van der Waals surface area (Å²) in [7, 11) is 0. The van der Waals surface area contributed by atoms with Crippen LogP contribution in [0.3, 0.4) is 0 Å². The van der Waals surface area contributed by atoms with Crippen LogP contribution in [0.15, 0.2) is 12.7 Å². The molecule has 1 saturated heterocycles. The van der Waals surface area contributed by atoms with Crippen molar-refractivity contribution in [2.75, 3.05) is 13.1 Å². The number of carbonyl (C=O) groups excluding carboxylic acids is 5. The maximum atomic E-state index is 14.1. The van der Waals surface area contributed by atoms with Crippen LogP contribution in [0.25, 0.3) is 0 Å². The third-order valence-corrected chi connectivity index (χ3v) is 9.20. The van der Waals surface area contributed by atoms with E-state index in [9.17, 15) is 24.0 Å². The van der Waals surface area contributed by atoms with Gasteiger partial charge in [0.2, 0.25) is 17.6 Å². The van der Waals surface area contributed by atoms with Crippen molar-refractivity contribution in [1.82, 2.24) is 20.9 Å². The van der Waals surface area contributed by atoms with Crippen LogP contribution >= 0.6 is 0 Å². The van der Waals surface area contributed by atoms with Gasteiger partial charge in [0.15, 0.2) is 0 Å². The first-order chi connectivity index (χ1) is 19.0. The summed E-state index contributed by atoms with van der Waals surface area (Å²) >= 11 is 0. The molecule has 0 radical (unpaired) electrons. The molecule has 1 unspecified atom stereocenters. The largest absolute Gasteiger partial charge is 0.446 e. The van der Waals surface area contributed by atoms with Gasteiger partial charge < -0.3 is 25.6 Å². The molecule has 2 saturated carbocycles. The Kier molecular flexibility index (Phi) is 10.8. The molecule has 0 bridgehead atoms. The van der Waals surface area contributed by atoms with Crippen molar-refractivity contribution in [2.24, 2.45) is 23.2 Å². The first kappa shape index (κ1) is 31.6. The van der Waals surface area contributed by atoms with E-state index in [1.54, 1.807) is 4.90 Å². The molecule has 1 aliphatic heterocycles. The van der Waals surface area contributed by atoms with E-state index in [2.05, 4.69) is 36.4 Å². The summed E-state index contributed by atoms with van der Waals surface area (Å²) < 4.78 is 5.56. The van der Waals surface area contributed by atoms with E-state index in [1.165, 1.54) is 6.08 Å². The Labute approximate surface area is 238 Å².